The van der Waals surface area contributed by atoms with Crippen molar-refractivity contribution in [2.45, 2.75) is 38.5 Å². The fourth-order valence-electron chi connectivity index (χ4n) is 4.26. The Hall–Kier alpha value is -3.27. The Balaban J connectivity index is 1.59. The van der Waals surface area contributed by atoms with Crippen LogP contribution in [-0.4, -0.2) is 36.3 Å². The molecule has 0 aliphatic heterocycles. The van der Waals surface area contributed by atoms with Gasteiger partial charge < -0.3 is 9.84 Å². The first kappa shape index (κ1) is 28.7. The van der Waals surface area contributed by atoms with Gasteiger partial charge in [-0.05, 0) is 52.8 Å². The lowest BCUT2D eigenvalue weighted by atomic mass is 9.83. The molecule has 0 bridgehead atoms. The van der Waals surface area contributed by atoms with E-state index in [1.54, 1.807) is 12.1 Å². The van der Waals surface area contributed by atoms with E-state index in [0.717, 1.165) is 26.9 Å². The summed E-state index contributed by atoms with van der Waals surface area (Å²) in [6.45, 7) is 6.38. The molecule has 1 unspecified atom stereocenters. The van der Waals surface area contributed by atoms with Gasteiger partial charge in [0.05, 0.1) is 11.4 Å². The monoisotopic (exact) mass is 610 g/mol. The van der Waals surface area contributed by atoms with E-state index in [0.29, 0.717) is 17.7 Å². The minimum Gasteiger partial charge on any atom is -0.356 e. The summed E-state index contributed by atoms with van der Waals surface area (Å²) in [5.74, 6) is -0.348. The SMILES string of the molecule is CC(C)(C)c1ccc(C(Cc2ccc(C(=O)NCCS(=O)(=O)O)cc2)c2cc(-c3cccc(Br)c3)on2)cc1. The molecule has 0 saturated carbocycles. The number of carbonyl (C=O) groups excluding carboxylic acids is 1. The summed E-state index contributed by atoms with van der Waals surface area (Å²) in [6.07, 6.45) is 0.629. The molecule has 0 saturated heterocycles. The average molecular weight is 612 g/mol. The largest absolute Gasteiger partial charge is 0.356 e. The van der Waals surface area contributed by atoms with Crippen molar-refractivity contribution in [1.29, 1.82) is 0 Å². The van der Waals surface area contributed by atoms with Gasteiger partial charge in [-0.2, -0.15) is 8.42 Å². The number of amides is 1. The van der Waals surface area contributed by atoms with Crippen molar-refractivity contribution in [2.24, 2.45) is 0 Å². The molecule has 1 heterocycles. The van der Waals surface area contributed by atoms with Crippen LogP contribution in [0.1, 0.15) is 59.4 Å². The molecule has 0 aliphatic rings. The van der Waals surface area contributed by atoms with Crippen LogP contribution in [0.3, 0.4) is 0 Å². The second kappa shape index (κ2) is 11.9. The van der Waals surface area contributed by atoms with E-state index in [1.807, 2.05) is 42.5 Å². The van der Waals surface area contributed by atoms with Crippen LogP contribution < -0.4 is 5.32 Å². The van der Waals surface area contributed by atoms with Crippen LogP contribution in [-0.2, 0) is 22.0 Å². The summed E-state index contributed by atoms with van der Waals surface area (Å²) in [7, 11) is -4.13. The molecular weight excluding hydrogens is 580 g/mol. The third kappa shape index (κ3) is 7.88. The van der Waals surface area contributed by atoms with Gasteiger partial charge >= 0.3 is 0 Å². The lowest BCUT2D eigenvalue weighted by Gasteiger charge is -2.21. The molecule has 0 radical (unpaired) electrons. The van der Waals surface area contributed by atoms with E-state index in [2.05, 4.69) is 71.4 Å². The predicted octanol–water partition coefficient (Wildman–Crippen LogP) is 6.39. The molecule has 0 fully saturated rings. The highest BCUT2D eigenvalue weighted by molar-refractivity contribution is 9.10. The van der Waals surface area contributed by atoms with Gasteiger partial charge in [0.25, 0.3) is 16.0 Å². The number of halogens is 1. The van der Waals surface area contributed by atoms with E-state index in [1.165, 1.54) is 5.56 Å². The molecule has 9 heteroatoms. The summed E-state index contributed by atoms with van der Waals surface area (Å²) in [5.41, 5.74) is 5.51. The summed E-state index contributed by atoms with van der Waals surface area (Å²) in [5, 5.41) is 6.94. The van der Waals surface area contributed by atoms with Gasteiger partial charge in [-0.25, -0.2) is 0 Å². The first-order valence-corrected chi connectivity index (χ1v) is 14.9. The number of rotatable bonds is 9. The summed E-state index contributed by atoms with van der Waals surface area (Å²) in [4.78, 5) is 12.4. The van der Waals surface area contributed by atoms with Gasteiger partial charge in [-0.15, -0.1) is 0 Å². The van der Waals surface area contributed by atoms with Crippen LogP contribution in [0, 0.1) is 0 Å². The van der Waals surface area contributed by atoms with Crippen LogP contribution in [0.4, 0.5) is 0 Å². The molecule has 1 amide bonds. The van der Waals surface area contributed by atoms with Crippen LogP contribution in [0.5, 0.6) is 0 Å². The van der Waals surface area contributed by atoms with E-state index in [4.69, 9.17) is 9.08 Å². The number of nitrogens with zero attached hydrogens (tertiary/aromatic N) is 1. The highest BCUT2D eigenvalue weighted by Gasteiger charge is 2.22. The summed E-state index contributed by atoms with van der Waals surface area (Å²) < 4.78 is 37.3. The molecule has 0 spiro atoms. The highest BCUT2D eigenvalue weighted by Crippen LogP contribution is 2.33. The maximum absolute atomic E-state index is 12.4. The number of hydrogen-bond acceptors (Lipinski definition) is 5. The van der Waals surface area contributed by atoms with Crippen LogP contribution in [0.25, 0.3) is 11.3 Å². The lowest BCUT2D eigenvalue weighted by Crippen LogP contribution is -2.28. The van der Waals surface area contributed by atoms with Crippen molar-refractivity contribution in [2.75, 3.05) is 12.3 Å². The Morgan fingerprint density at radius 1 is 1.03 bits per heavy atom. The maximum atomic E-state index is 12.4. The molecule has 4 rings (SSSR count). The van der Waals surface area contributed by atoms with Crippen molar-refractivity contribution in [3.8, 4) is 11.3 Å². The Morgan fingerprint density at radius 2 is 1.72 bits per heavy atom. The zero-order valence-electron chi connectivity index (χ0n) is 22.0. The quantitative estimate of drug-likeness (QED) is 0.212. The topological polar surface area (TPSA) is 110 Å². The van der Waals surface area contributed by atoms with E-state index in [9.17, 15) is 13.2 Å². The molecule has 3 aromatic carbocycles. The van der Waals surface area contributed by atoms with Gasteiger partial charge in [0, 0.05) is 34.1 Å². The molecule has 39 heavy (non-hydrogen) atoms. The van der Waals surface area contributed by atoms with E-state index >= 15 is 0 Å². The van der Waals surface area contributed by atoms with Crippen molar-refractivity contribution >= 4 is 32.0 Å². The van der Waals surface area contributed by atoms with Crippen molar-refractivity contribution in [1.82, 2.24) is 10.5 Å². The molecule has 204 valence electrons. The molecule has 4 aromatic rings. The van der Waals surface area contributed by atoms with Crippen molar-refractivity contribution in [3.05, 3.63) is 111 Å². The zero-order chi connectivity index (χ0) is 28.2. The normalized spacial score (nSPS) is 12.7. The van der Waals surface area contributed by atoms with Gasteiger partial charge in [0.1, 0.15) is 0 Å². The fourth-order valence-corrected chi connectivity index (χ4v) is 5.02. The molecular formula is C30H31BrN2O5S. The van der Waals surface area contributed by atoms with E-state index in [-0.39, 0.29) is 17.9 Å². The third-order valence-corrected chi connectivity index (χ3v) is 7.69. The van der Waals surface area contributed by atoms with Crippen LogP contribution in [0.15, 0.2) is 87.9 Å². The molecule has 1 atom stereocenters. The zero-order valence-corrected chi connectivity index (χ0v) is 24.4. The van der Waals surface area contributed by atoms with Gasteiger partial charge in [-0.3, -0.25) is 9.35 Å². The maximum Gasteiger partial charge on any atom is 0.266 e. The number of benzene rings is 3. The molecule has 1 aromatic heterocycles. The fraction of sp³-hybridized carbons (Fsp3) is 0.267. The van der Waals surface area contributed by atoms with Crippen LogP contribution in [0.2, 0.25) is 0 Å². The Kier molecular flexibility index (Phi) is 8.73. The average Bonchev–Trinajstić information content (AvgIpc) is 3.36. The van der Waals surface area contributed by atoms with Crippen LogP contribution >= 0.6 is 15.9 Å². The second-order valence-corrected chi connectivity index (χ2v) is 13.0. The molecule has 2 N–H and O–H groups in total. The number of aromatic nitrogens is 1. The Bertz CT molecular complexity index is 1540. The smallest absolute Gasteiger partial charge is 0.266 e. The molecule has 7 nitrogen and oxygen atoms in total. The molecule has 0 aliphatic carbocycles. The van der Waals surface area contributed by atoms with Gasteiger partial charge in [0.15, 0.2) is 5.76 Å². The first-order chi connectivity index (χ1) is 18.4. The number of carbonyl (C=O) groups is 1. The number of hydrogen-bond donors (Lipinski definition) is 2. The second-order valence-electron chi connectivity index (χ2n) is 10.5. The number of nitrogens with one attached hydrogen (secondary N) is 1. The highest BCUT2D eigenvalue weighted by atomic mass is 79.9. The summed E-state index contributed by atoms with van der Waals surface area (Å²) >= 11 is 3.51. The van der Waals surface area contributed by atoms with Gasteiger partial charge in [0.2, 0.25) is 0 Å². The minimum atomic E-state index is -4.13. The minimum absolute atomic E-state index is 0.0353. The van der Waals surface area contributed by atoms with E-state index < -0.39 is 21.8 Å². The van der Waals surface area contributed by atoms with Crippen molar-refractivity contribution in [3.63, 3.8) is 0 Å². The standard InChI is InChI=1S/C30H31BrN2O5S/c1-30(2,3)24-13-11-21(12-14-24)26(27-19-28(38-33-27)23-5-4-6-25(31)18-23)17-20-7-9-22(10-8-20)29(34)32-15-16-39(35,36)37/h4-14,18-19,26H,15-17H2,1-3H3,(H,32,34)(H,35,36,37). The summed E-state index contributed by atoms with van der Waals surface area (Å²) in [6, 6.07) is 25.6. The lowest BCUT2D eigenvalue weighted by molar-refractivity contribution is 0.0956. The van der Waals surface area contributed by atoms with Gasteiger partial charge in [-0.1, -0.05) is 90.4 Å². The Morgan fingerprint density at radius 3 is 2.33 bits per heavy atom. The third-order valence-electron chi connectivity index (χ3n) is 6.48. The Labute approximate surface area is 237 Å². The predicted molar refractivity (Wildman–Crippen MR) is 156 cm³/mol. The first-order valence-electron chi connectivity index (χ1n) is 12.5. The van der Waals surface area contributed by atoms with Crippen molar-refractivity contribution < 1.29 is 22.3 Å².